The van der Waals surface area contributed by atoms with Gasteiger partial charge in [0.05, 0.1) is 28.4 Å². The number of hydrogen-bond donors (Lipinski definition) is 0. The third-order valence-electron chi connectivity index (χ3n) is 12.6. The molecule has 0 saturated carbocycles. The Hall–Kier alpha value is -8.39. The van der Waals surface area contributed by atoms with E-state index in [2.05, 4.69) is 158 Å². The summed E-state index contributed by atoms with van der Waals surface area (Å²) < 4.78 is 6.94. The van der Waals surface area contributed by atoms with Gasteiger partial charge >= 0.3 is 0 Å². The van der Waals surface area contributed by atoms with Gasteiger partial charge in [-0.15, -0.1) is 0 Å². The van der Waals surface area contributed by atoms with E-state index in [1.54, 1.807) is 0 Å². The van der Waals surface area contributed by atoms with Crippen molar-refractivity contribution in [2.24, 2.45) is 0 Å². The van der Waals surface area contributed by atoms with Crippen molar-refractivity contribution in [1.29, 1.82) is 5.26 Å². The number of rotatable bonds is 5. The number of nitriles is 1. The second-order valence-electron chi connectivity index (χ2n) is 16.0. The molecule has 1 aliphatic carbocycles. The van der Waals surface area contributed by atoms with Gasteiger partial charge in [-0.05, 0) is 92.4 Å². The molecule has 0 saturated heterocycles. The van der Waals surface area contributed by atoms with E-state index in [0.29, 0.717) is 11.4 Å². The van der Waals surface area contributed by atoms with Crippen molar-refractivity contribution in [1.82, 2.24) is 9.97 Å². The Bertz CT molecular complexity index is 3360. The van der Waals surface area contributed by atoms with Crippen LogP contribution < -0.4 is 4.74 Å². The van der Waals surface area contributed by atoms with Crippen molar-refractivity contribution >= 4 is 10.8 Å². The summed E-state index contributed by atoms with van der Waals surface area (Å²) in [5, 5.41) is 12.0. The smallest absolute Gasteiger partial charge is 0.160 e. The summed E-state index contributed by atoms with van der Waals surface area (Å²) in [6, 6.07) is 76.7. The third kappa shape index (κ3) is 5.46. The van der Waals surface area contributed by atoms with Crippen molar-refractivity contribution in [2.45, 2.75) is 5.41 Å². The number of aromatic nitrogens is 2. The molecule has 0 N–H and O–H groups in total. The van der Waals surface area contributed by atoms with E-state index in [1.165, 1.54) is 22.3 Å². The van der Waals surface area contributed by atoms with Crippen molar-refractivity contribution in [3.63, 3.8) is 0 Å². The molecule has 10 aromatic rings. The normalized spacial score (nSPS) is 12.8. The molecule has 0 unspecified atom stereocenters. The summed E-state index contributed by atoms with van der Waals surface area (Å²) in [5.41, 5.74) is 16.1. The van der Waals surface area contributed by atoms with Gasteiger partial charge in [-0.25, -0.2) is 9.97 Å². The van der Waals surface area contributed by atoms with E-state index in [4.69, 9.17) is 14.7 Å². The zero-order chi connectivity index (χ0) is 41.2. The van der Waals surface area contributed by atoms with Crippen LogP contribution in [0.3, 0.4) is 0 Å². The van der Waals surface area contributed by atoms with E-state index >= 15 is 0 Å². The highest BCUT2D eigenvalue weighted by atomic mass is 16.5. The first-order chi connectivity index (χ1) is 30.7. The van der Waals surface area contributed by atoms with Gasteiger partial charge in [0, 0.05) is 33.2 Å². The molecule has 0 atom stereocenters. The van der Waals surface area contributed by atoms with Crippen LogP contribution in [0.25, 0.3) is 78.1 Å². The maximum absolute atomic E-state index is 9.99. The SMILES string of the molecule is N#Cc1ccc(-c2ccc3c(c2)C2(c4cc(-c5cccc(-c6cc(-c7ccccc7)nc(-c7ccccc7)n6)c5)ccc4O3)c3ccccc3-c3ccccc32)c2ccccc12. The summed E-state index contributed by atoms with van der Waals surface area (Å²) in [7, 11) is 0. The molecule has 1 aliphatic heterocycles. The van der Waals surface area contributed by atoms with Gasteiger partial charge in [0.1, 0.15) is 11.5 Å². The Morgan fingerprint density at radius 3 is 1.60 bits per heavy atom. The van der Waals surface area contributed by atoms with Gasteiger partial charge in [0.15, 0.2) is 5.82 Å². The van der Waals surface area contributed by atoms with Crippen LogP contribution in [0.4, 0.5) is 0 Å². The number of ether oxygens (including phenoxy) is 1. The zero-order valence-electron chi connectivity index (χ0n) is 33.5. The molecule has 0 bridgehead atoms. The van der Waals surface area contributed by atoms with Crippen LogP contribution in [-0.2, 0) is 5.41 Å². The maximum Gasteiger partial charge on any atom is 0.160 e. The summed E-state index contributed by atoms with van der Waals surface area (Å²) in [5.74, 6) is 2.34. The quantitative estimate of drug-likeness (QED) is 0.174. The van der Waals surface area contributed by atoms with Crippen LogP contribution in [0.5, 0.6) is 11.5 Å². The molecule has 12 rings (SSSR count). The van der Waals surface area contributed by atoms with E-state index in [0.717, 1.165) is 83.7 Å². The molecule has 2 aliphatic rings. The van der Waals surface area contributed by atoms with E-state index < -0.39 is 5.41 Å². The number of nitrogens with zero attached hydrogens (tertiary/aromatic N) is 3. The van der Waals surface area contributed by atoms with E-state index in [-0.39, 0.29) is 0 Å². The third-order valence-corrected chi connectivity index (χ3v) is 12.6. The Labute approximate surface area is 359 Å². The molecule has 4 heteroatoms. The van der Waals surface area contributed by atoms with Crippen molar-refractivity contribution < 1.29 is 4.74 Å². The molecular weight excluding hydrogens is 755 g/mol. The standard InChI is InChI=1S/C58H35N3O/c59-36-43-26-29-45(46-21-8-7-20-44(43)46)41-28-31-56-52(34-41)58(49-24-11-9-22-47(49)48-23-10-12-25-50(48)58)51-33-40(27-30-55(51)62-56)39-18-13-19-42(32-39)54-35-53(37-14-3-1-4-15-37)60-57(61-54)38-16-5-2-6-17-38/h1-35H. The second-order valence-corrected chi connectivity index (χ2v) is 16.0. The molecule has 0 radical (unpaired) electrons. The molecule has 1 aromatic heterocycles. The molecule has 288 valence electrons. The lowest BCUT2D eigenvalue weighted by atomic mass is 9.65. The molecule has 1 spiro atoms. The molecule has 9 aromatic carbocycles. The summed E-state index contributed by atoms with van der Waals surface area (Å²) in [6.45, 7) is 0. The molecule has 0 amide bonds. The van der Waals surface area contributed by atoms with E-state index in [9.17, 15) is 5.26 Å². The fraction of sp³-hybridized carbons (Fsp3) is 0.0172. The number of benzene rings is 9. The highest BCUT2D eigenvalue weighted by Gasteiger charge is 2.51. The fourth-order valence-electron chi connectivity index (χ4n) is 9.82. The minimum atomic E-state index is -0.677. The van der Waals surface area contributed by atoms with Crippen molar-refractivity contribution in [2.75, 3.05) is 0 Å². The van der Waals surface area contributed by atoms with Gasteiger partial charge < -0.3 is 4.74 Å². The van der Waals surface area contributed by atoms with Crippen molar-refractivity contribution in [3.8, 4) is 84.9 Å². The summed E-state index contributed by atoms with van der Waals surface area (Å²) >= 11 is 0. The van der Waals surface area contributed by atoms with Gasteiger partial charge in [0.2, 0.25) is 0 Å². The Kier molecular flexibility index (Phi) is 8.10. The zero-order valence-corrected chi connectivity index (χ0v) is 33.5. The Morgan fingerprint density at radius 1 is 0.371 bits per heavy atom. The summed E-state index contributed by atoms with van der Waals surface area (Å²) in [6.07, 6.45) is 0. The fourth-order valence-corrected chi connectivity index (χ4v) is 9.82. The minimum absolute atomic E-state index is 0.666. The first-order valence-electron chi connectivity index (χ1n) is 20.9. The highest BCUT2D eigenvalue weighted by Crippen LogP contribution is 2.63. The maximum atomic E-state index is 9.99. The predicted molar refractivity (Wildman–Crippen MR) is 249 cm³/mol. The van der Waals surface area contributed by atoms with Crippen LogP contribution in [0.15, 0.2) is 212 Å². The van der Waals surface area contributed by atoms with Gasteiger partial charge in [-0.3, -0.25) is 0 Å². The summed E-state index contributed by atoms with van der Waals surface area (Å²) in [4.78, 5) is 10.2. The van der Waals surface area contributed by atoms with Crippen LogP contribution in [0.1, 0.15) is 27.8 Å². The predicted octanol–water partition coefficient (Wildman–Crippen LogP) is 14.3. The molecular formula is C58H35N3O. The van der Waals surface area contributed by atoms with Gasteiger partial charge in [-0.1, -0.05) is 170 Å². The van der Waals surface area contributed by atoms with Crippen LogP contribution >= 0.6 is 0 Å². The topological polar surface area (TPSA) is 58.8 Å². The molecule has 62 heavy (non-hydrogen) atoms. The average molecular weight is 790 g/mol. The Balaban J connectivity index is 1.05. The second kappa shape index (κ2) is 14.1. The lowest BCUT2D eigenvalue weighted by Crippen LogP contribution is -2.32. The monoisotopic (exact) mass is 789 g/mol. The highest BCUT2D eigenvalue weighted by molar-refractivity contribution is 6.00. The first kappa shape index (κ1) is 35.5. The minimum Gasteiger partial charge on any atom is -0.457 e. The van der Waals surface area contributed by atoms with Crippen LogP contribution in [-0.4, -0.2) is 9.97 Å². The molecule has 2 heterocycles. The lowest BCUT2D eigenvalue weighted by molar-refractivity contribution is 0.436. The average Bonchev–Trinajstić information content (AvgIpc) is 3.64. The number of fused-ring (bicyclic) bond motifs is 10. The van der Waals surface area contributed by atoms with Crippen LogP contribution in [0, 0.1) is 11.3 Å². The van der Waals surface area contributed by atoms with Gasteiger partial charge in [0.25, 0.3) is 0 Å². The molecule has 0 fully saturated rings. The number of hydrogen-bond acceptors (Lipinski definition) is 4. The first-order valence-corrected chi connectivity index (χ1v) is 20.9. The largest absolute Gasteiger partial charge is 0.457 e. The lowest BCUT2D eigenvalue weighted by Gasteiger charge is -2.40. The van der Waals surface area contributed by atoms with E-state index in [1.807, 2.05) is 60.7 Å². The Morgan fingerprint density at radius 2 is 0.903 bits per heavy atom. The molecule has 4 nitrogen and oxygen atoms in total. The van der Waals surface area contributed by atoms with Gasteiger partial charge in [-0.2, -0.15) is 5.26 Å². The van der Waals surface area contributed by atoms with Crippen LogP contribution in [0.2, 0.25) is 0 Å². The van der Waals surface area contributed by atoms with Crippen molar-refractivity contribution in [3.05, 3.63) is 240 Å².